The fraction of sp³-hybridized carbons (Fsp3) is 0.500. The highest BCUT2D eigenvalue weighted by Crippen LogP contribution is 2.24. The van der Waals surface area contributed by atoms with Gasteiger partial charge in [-0.05, 0) is 24.6 Å². The molecule has 20 heavy (non-hydrogen) atoms. The standard InChI is InChI=1S/C14H17NO5/c1-8-11(16)12(17)13(18)14(19-8)20-10-4-2-9(3-5-10)6-7-15/h2-5,8,11-14,16-18H,6H2,1H3/t8-,11-,12+,13+,14-/m0/s1. The van der Waals surface area contributed by atoms with Crippen LogP contribution in [0, 0.1) is 11.3 Å². The monoisotopic (exact) mass is 279 g/mol. The van der Waals surface area contributed by atoms with Crippen LogP contribution in [0.3, 0.4) is 0 Å². The number of aliphatic hydroxyl groups is 3. The van der Waals surface area contributed by atoms with Crippen LogP contribution in [0.5, 0.6) is 5.75 Å². The van der Waals surface area contributed by atoms with Gasteiger partial charge in [-0.1, -0.05) is 12.1 Å². The summed E-state index contributed by atoms with van der Waals surface area (Å²) in [6.45, 7) is 1.59. The fourth-order valence-electron chi connectivity index (χ4n) is 2.02. The van der Waals surface area contributed by atoms with Crippen molar-refractivity contribution in [2.45, 2.75) is 44.1 Å². The van der Waals surface area contributed by atoms with Crippen molar-refractivity contribution in [3.05, 3.63) is 29.8 Å². The lowest BCUT2D eigenvalue weighted by Crippen LogP contribution is -2.58. The number of hydrogen-bond acceptors (Lipinski definition) is 6. The van der Waals surface area contributed by atoms with Gasteiger partial charge in [-0.15, -0.1) is 0 Å². The van der Waals surface area contributed by atoms with Crippen LogP contribution >= 0.6 is 0 Å². The van der Waals surface area contributed by atoms with E-state index in [2.05, 4.69) is 0 Å². The second-order valence-corrected chi connectivity index (χ2v) is 4.78. The highest BCUT2D eigenvalue weighted by Gasteiger charge is 2.43. The van der Waals surface area contributed by atoms with E-state index in [1.807, 2.05) is 6.07 Å². The lowest BCUT2D eigenvalue weighted by atomic mass is 10.00. The quantitative estimate of drug-likeness (QED) is 0.717. The van der Waals surface area contributed by atoms with Gasteiger partial charge in [0.25, 0.3) is 0 Å². The number of hydrogen-bond donors (Lipinski definition) is 3. The molecular formula is C14H17NO5. The van der Waals surface area contributed by atoms with Crippen LogP contribution in [0.1, 0.15) is 12.5 Å². The van der Waals surface area contributed by atoms with Crippen LogP contribution in [-0.2, 0) is 11.2 Å². The Hall–Kier alpha value is -1.65. The number of ether oxygens (including phenoxy) is 2. The van der Waals surface area contributed by atoms with E-state index in [0.29, 0.717) is 12.2 Å². The molecular weight excluding hydrogens is 262 g/mol. The molecule has 0 saturated carbocycles. The van der Waals surface area contributed by atoms with Gasteiger partial charge < -0.3 is 24.8 Å². The minimum absolute atomic E-state index is 0.310. The maximum atomic E-state index is 9.82. The van der Waals surface area contributed by atoms with Gasteiger partial charge in [-0.2, -0.15) is 5.26 Å². The first-order chi connectivity index (χ1) is 9.52. The van der Waals surface area contributed by atoms with Gasteiger partial charge in [0.2, 0.25) is 6.29 Å². The van der Waals surface area contributed by atoms with Crippen molar-refractivity contribution in [3.8, 4) is 11.8 Å². The number of nitrogens with zero attached hydrogens (tertiary/aromatic N) is 1. The largest absolute Gasteiger partial charge is 0.462 e. The Labute approximate surface area is 116 Å². The first kappa shape index (κ1) is 14.8. The molecule has 3 N–H and O–H groups in total. The van der Waals surface area contributed by atoms with Crippen LogP contribution in [0.4, 0.5) is 0 Å². The molecule has 0 bridgehead atoms. The minimum Gasteiger partial charge on any atom is -0.462 e. The van der Waals surface area contributed by atoms with Crippen LogP contribution in [0.2, 0.25) is 0 Å². The van der Waals surface area contributed by atoms with Crippen molar-refractivity contribution >= 4 is 0 Å². The van der Waals surface area contributed by atoms with Crippen molar-refractivity contribution in [2.24, 2.45) is 0 Å². The van der Waals surface area contributed by atoms with Crippen LogP contribution < -0.4 is 4.74 Å². The summed E-state index contributed by atoms with van der Waals surface area (Å²) in [6.07, 6.45) is -5.18. The third-order valence-electron chi connectivity index (χ3n) is 3.27. The second-order valence-electron chi connectivity index (χ2n) is 4.78. The van der Waals surface area contributed by atoms with Gasteiger partial charge >= 0.3 is 0 Å². The van der Waals surface area contributed by atoms with Crippen LogP contribution in [0.25, 0.3) is 0 Å². The molecule has 0 aliphatic carbocycles. The third kappa shape index (κ3) is 3.08. The number of aliphatic hydroxyl groups excluding tert-OH is 3. The van der Waals surface area contributed by atoms with Gasteiger partial charge in [-0.25, -0.2) is 0 Å². The summed E-state index contributed by atoms with van der Waals surface area (Å²) in [7, 11) is 0. The highest BCUT2D eigenvalue weighted by molar-refractivity contribution is 5.28. The Morgan fingerprint density at radius 2 is 1.80 bits per heavy atom. The van der Waals surface area contributed by atoms with Crippen LogP contribution in [-0.4, -0.2) is 46.0 Å². The lowest BCUT2D eigenvalue weighted by Gasteiger charge is -2.38. The summed E-state index contributed by atoms with van der Waals surface area (Å²) in [5, 5.41) is 37.7. The van der Waals surface area contributed by atoms with Crippen molar-refractivity contribution in [3.63, 3.8) is 0 Å². The van der Waals surface area contributed by atoms with Gasteiger partial charge in [0.05, 0.1) is 18.6 Å². The SMILES string of the molecule is C[C@@H]1O[C@@H](Oc2ccc(CC#N)cc2)[C@H](O)[C@H](O)[C@H]1O. The molecule has 108 valence electrons. The number of nitriles is 1. The Kier molecular flexibility index (Phi) is 4.57. The Morgan fingerprint density at radius 3 is 2.40 bits per heavy atom. The molecule has 0 amide bonds. The summed E-state index contributed by atoms with van der Waals surface area (Å²) in [4.78, 5) is 0. The smallest absolute Gasteiger partial charge is 0.229 e. The molecule has 0 radical (unpaired) electrons. The maximum Gasteiger partial charge on any atom is 0.229 e. The van der Waals surface area contributed by atoms with Crippen molar-refractivity contribution in [1.82, 2.24) is 0 Å². The predicted molar refractivity (Wildman–Crippen MR) is 68.7 cm³/mol. The van der Waals surface area contributed by atoms with Crippen molar-refractivity contribution in [2.75, 3.05) is 0 Å². The molecule has 1 aromatic carbocycles. The first-order valence-corrected chi connectivity index (χ1v) is 6.35. The predicted octanol–water partition coefficient (Wildman–Crippen LogP) is -0.0410. The summed E-state index contributed by atoms with van der Waals surface area (Å²) in [5.41, 5.74) is 0.855. The molecule has 0 unspecified atom stereocenters. The van der Waals surface area contributed by atoms with E-state index >= 15 is 0 Å². The molecule has 0 spiro atoms. The molecule has 1 aliphatic rings. The molecule has 1 aliphatic heterocycles. The van der Waals surface area contributed by atoms with Crippen molar-refractivity contribution < 1.29 is 24.8 Å². The average molecular weight is 279 g/mol. The zero-order chi connectivity index (χ0) is 14.7. The maximum absolute atomic E-state index is 9.82. The molecule has 2 rings (SSSR count). The molecule has 6 nitrogen and oxygen atoms in total. The molecule has 6 heteroatoms. The molecule has 1 fully saturated rings. The Bertz CT molecular complexity index is 483. The number of benzene rings is 1. The summed E-state index contributed by atoms with van der Waals surface area (Å²) in [5.74, 6) is 0.450. The van der Waals surface area contributed by atoms with E-state index < -0.39 is 30.7 Å². The highest BCUT2D eigenvalue weighted by atomic mass is 16.7. The van der Waals surface area contributed by atoms with Crippen molar-refractivity contribution in [1.29, 1.82) is 5.26 Å². The van der Waals surface area contributed by atoms with Gasteiger partial charge in [0.15, 0.2) is 0 Å². The van der Waals surface area contributed by atoms with Crippen LogP contribution in [0.15, 0.2) is 24.3 Å². The second kappa shape index (κ2) is 6.20. The minimum atomic E-state index is -1.33. The molecule has 1 heterocycles. The first-order valence-electron chi connectivity index (χ1n) is 6.35. The van der Waals surface area contributed by atoms with Gasteiger partial charge in [0.1, 0.15) is 24.1 Å². The summed E-state index contributed by atoms with van der Waals surface area (Å²) < 4.78 is 10.8. The van der Waals surface area contributed by atoms with Gasteiger partial charge in [0, 0.05) is 0 Å². The average Bonchev–Trinajstić information content (AvgIpc) is 2.45. The molecule has 5 atom stereocenters. The fourth-order valence-corrected chi connectivity index (χ4v) is 2.02. The zero-order valence-electron chi connectivity index (χ0n) is 11.0. The molecule has 1 aromatic rings. The molecule has 1 saturated heterocycles. The van der Waals surface area contributed by atoms with E-state index in [1.165, 1.54) is 0 Å². The Balaban J connectivity index is 2.04. The third-order valence-corrected chi connectivity index (χ3v) is 3.27. The molecule has 0 aromatic heterocycles. The van der Waals surface area contributed by atoms with E-state index in [4.69, 9.17) is 14.7 Å². The van der Waals surface area contributed by atoms with E-state index in [1.54, 1.807) is 31.2 Å². The summed E-state index contributed by atoms with van der Waals surface area (Å²) in [6, 6.07) is 8.83. The van der Waals surface area contributed by atoms with Gasteiger partial charge in [-0.3, -0.25) is 0 Å². The topological polar surface area (TPSA) is 103 Å². The summed E-state index contributed by atoms with van der Waals surface area (Å²) >= 11 is 0. The normalized spacial score (nSPS) is 33.5. The number of rotatable bonds is 3. The Morgan fingerprint density at radius 1 is 1.15 bits per heavy atom. The van der Waals surface area contributed by atoms with E-state index in [0.717, 1.165) is 5.56 Å². The lowest BCUT2D eigenvalue weighted by molar-refractivity contribution is -0.268. The van der Waals surface area contributed by atoms with E-state index in [-0.39, 0.29) is 0 Å². The zero-order valence-corrected chi connectivity index (χ0v) is 11.0. The van der Waals surface area contributed by atoms with E-state index in [9.17, 15) is 15.3 Å².